The fourth-order valence-electron chi connectivity index (χ4n) is 3.88. The zero-order valence-electron chi connectivity index (χ0n) is 17.9. The fraction of sp³-hybridized carbons (Fsp3) is 0.381. The standard InChI is InChI=1S/C21H24FN3O6S/c1-13-8-14(2)12-24(11-13)32(29,30)20-9-15(4-7-19(20)31-3)21(26)23-18-10-16(25(27)28)5-6-17(18)22/h4-7,9-10,13-14H,8,11-12H2,1-3H3,(H,23,26). The topological polar surface area (TPSA) is 119 Å². The summed E-state index contributed by atoms with van der Waals surface area (Å²) in [7, 11) is -2.63. The Morgan fingerprint density at radius 1 is 1.19 bits per heavy atom. The van der Waals surface area contributed by atoms with Crippen molar-refractivity contribution in [1.82, 2.24) is 4.31 Å². The molecule has 0 aliphatic carbocycles. The number of benzene rings is 2. The van der Waals surface area contributed by atoms with E-state index in [4.69, 9.17) is 4.74 Å². The van der Waals surface area contributed by atoms with Crippen LogP contribution in [0.2, 0.25) is 0 Å². The minimum Gasteiger partial charge on any atom is -0.495 e. The Morgan fingerprint density at radius 3 is 2.44 bits per heavy atom. The molecule has 2 aromatic rings. The molecule has 1 saturated heterocycles. The number of nitrogens with one attached hydrogen (secondary N) is 1. The number of halogens is 1. The molecule has 0 saturated carbocycles. The first-order valence-electron chi connectivity index (χ1n) is 9.96. The minimum absolute atomic E-state index is 0.0617. The molecule has 1 amide bonds. The van der Waals surface area contributed by atoms with E-state index in [1.165, 1.54) is 29.6 Å². The molecule has 0 radical (unpaired) electrons. The van der Waals surface area contributed by atoms with Crippen LogP contribution in [-0.4, -0.2) is 43.8 Å². The van der Waals surface area contributed by atoms with Crippen LogP contribution in [0.15, 0.2) is 41.3 Å². The second kappa shape index (κ2) is 9.21. The summed E-state index contributed by atoms with van der Waals surface area (Å²) in [6, 6.07) is 6.60. The number of methoxy groups -OCH3 is 1. The first-order chi connectivity index (χ1) is 15.0. The van der Waals surface area contributed by atoms with E-state index in [0.29, 0.717) is 13.1 Å². The van der Waals surface area contributed by atoms with Crippen molar-refractivity contribution in [1.29, 1.82) is 0 Å². The van der Waals surface area contributed by atoms with Crippen LogP contribution < -0.4 is 10.1 Å². The van der Waals surface area contributed by atoms with E-state index in [2.05, 4.69) is 5.32 Å². The molecule has 2 aromatic carbocycles. The summed E-state index contributed by atoms with van der Waals surface area (Å²) in [5, 5.41) is 13.2. The van der Waals surface area contributed by atoms with Gasteiger partial charge in [0.05, 0.1) is 17.7 Å². The number of piperidine rings is 1. The third kappa shape index (κ3) is 4.89. The summed E-state index contributed by atoms with van der Waals surface area (Å²) in [4.78, 5) is 22.7. The average molecular weight is 466 g/mol. The zero-order valence-corrected chi connectivity index (χ0v) is 18.7. The van der Waals surface area contributed by atoms with Crippen LogP contribution in [0.25, 0.3) is 0 Å². The first kappa shape index (κ1) is 23.6. The minimum atomic E-state index is -3.96. The van der Waals surface area contributed by atoms with E-state index >= 15 is 0 Å². The molecule has 1 aliphatic heterocycles. The molecule has 1 heterocycles. The Labute approximate surface area is 185 Å². The summed E-state index contributed by atoms with van der Waals surface area (Å²) in [6.45, 7) is 4.66. The summed E-state index contributed by atoms with van der Waals surface area (Å²) in [5.41, 5.74) is -0.843. The van der Waals surface area contributed by atoms with Crippen LogP contribution in [-0.2, 0) is 10.0 Å². The van der Waals surface area contributed by atoms with Gasteiger partial charge in [-0.05, 0) is 42.5 Å². The van der Waals surface area contributed by atoms with E-state index < -0.39 is 32.4 Å². The highest BCUT2D eigenvalue weighted by molar-refractivity contribution is 7.89. The summed E-state index contributed by atoms with van der Waals surface area (Å²) in [6.07, 6.45) is 0.917. The van der Waals surface area contributed by atoms with E-state index in [0.717, 1.165) is 24.6 Å². The number of anilines is 1. The van der Waals surface area contributed by atoms with Gasteiger partial charge in [0.1, 0.15) is 16.5 Å². The van der Waals surface area contributed by atoms with Crippen LogP contribution in [0, 0.1) is 27.8 Å². The predicted molar refractivity (Wildman–Crippen MR) is 116 cm³/mol. The quantitative estimate of drug-likeness (QED) is 0.514. The molecule has 11 heteroatoms. The SMILES string of the molecule is COc1ccc(C(=O)Nc2cc([N+](=O)[O-])ccc2F)cc1S(=O)(=O)N1CC(C)CC(C)C1. The summed E-state index contributed by atoms with van der Waals surface area (Å²) < 4.78 is 47.3. The molecule has 0 spiro atoms. The van der Waals surface area contributed by atoms with Gasteiger partial charge in [-0.25, -0.2) is 12.8 Å². The van der Waals surface area contributed by atoms with Crippen LogP contribution in [0.4, 0.5) is 15.8 Å². The van der Waals surface area contributed by atoms with Crippen molar-refractivity contribution in [3.8, 4) is 5.75 Å². The molecule has 0 bridgehead atoms. The molecular weight excluding hydrogens is 441 g/mol. The molecule has 1 aliphatic rings. The monoisotopic (exact) mass is 465 g/mol. The summed E-state index contributed by atoms with van der Waals surface area (Å²) in [5.74, 6) is -1.23. The van der Waals surface area contributed by atoms with Crippen molar-refractivity contribution in [3.05, 3.63) is 57.9 Å². The number of amides is 1. The van der Waals surface area contributed by atoms with E-state index in [1.54, 1.807) is 0 Å². The second-order valence-corrected chi connectivity index (χ2v) is 9.92. The molecule has 172 valence electrons. The fourth-order valence-corrected chi connectivity index (χ4v) is 5.74. The number of nitro benzene ring substituents is 1. The molecule has 32 heavy (non-hydrogen) atoms. The number of carbonyl (C=O) groups is 1. The third-order valence-electron chi connectivity index (χ3n) is 5.29. The maximum atomic E-state index is 14.1. The Morgan fingerprint density at radius 2 is 1.84 bits per heavy atom. The predicted octanol–water partition coefficient (Wildman–Crippen LogP) is 3.66. The van der Waals surface area contributed by atoms with Gasteiger partial charge in [-0.1, -0.05) is 13.8 Å². The number of ether oxygens (including phenoxy) is 1. The van der Waals surface area contributed by atoms with Gasteiger partial charge in [0, 0.05) is 30.8 Å². The van der Waals surface area contributed by atoms with Gasteiger partial charge < -0.3 is 10.1 Å². The molecular formula is C21H24FN3O6S. The molecule has 2 atom stereocenters. The highest BCUT2D eigenvalue weighted by Gasteiger charge is 2.34. The lowest BCUT2D eigenvalue weighted by Crippen LogP contribution is -2.42. The number of carbonyl (C=O) groups excluding carboxylic acids is 1. The Kier molecular flexibility index (Phi) is 6.79. The molecule has 1 fully saturated rings. The van der Waals surface area contributed by atoms with Crippen molar-refractivity contribution >= 4 is 27.3 Å². The van der Waals surface area contributed by atoms with E-state index in [9.17, 15) is 27.7 Å². The van der Waals surface area contributed by atoms with Crippen molar-refractivity contribution in [2.75, 3.05) is 25.5 Å². The largest absolute Gasteiger partial charge is 0.495 e. The molecule has 1 N–H and O–H groups in total. The number of nitro groups is 1. The van der Waals surface area contributed by atoms with Crippen molar-refractivity contribution < 1.29 is 27.3 Å². The van der Waals surface area contributed by atoms with Gasteiger partial charge in [0.15, 0.2) is 0 Å². The second-order valence-electron chi connectivity index (χ2n) is 8.01. The molecule has 9 nitrogen and oxygen atoms in total. The number of hydrogen-bond donors (Lipinski definition) is 1. The van der Waals surface area contributed by atoms with Crippen molar-refractivity contribution in [2.24, 2.45) is 11.8 Å². The number of sulfonamides is 1. The van der Waals surface area contributed by atoms with Gasteiger partial charge in [0.25, 0.3) is 11.6 Å². The van der Waals surface area contributed by atoms with Crippen LogP contribution in [0.1, 0.15) is 30.6 Å². The van der Waals surface area contributed by atoms with Crippen molar-refractivity contribution in [3.63, 3.8) is 0 Å². The van der Waals surface area contributed by atoms with Crippen molar-refractivity contribution in [2.45, 2.75) is 25.2 Å². The first-order valence-corrected chi connectivity index (χ1v) is 11.4. The van der Waals surface area contributed by atoms with Gasteiger partial charge in [-0.15, -0.1) is 0 Å². The van der Waals surface area contributed by atoms with E-state index in [-0.39, 0.29) is 33.7 Å². The smallest absolute Gasteiger partial charge is 0.271 e. The average Bonchev–Trinajstić information content (AvgIpc) is 2.73. The summed E-state index contributed by atoms with van der Waals surface area (Å²) >= 11 is 0. The maximum Gasteiger partial charge on any atom is 0.271 e. The molecule has 3 rings (SSSR count). The third-order valence-corrected chi connectivity index (χ3v) is 7.14. The maximum absolute atomic E-state index is 14.1. The van der Waals surface area contributed by atoms with Gasteiger partial charge >= 0.3 is 0 Å². The number of nitrogens with zero attached hydrogens (tertiary/aromatic N) is 2. The highest BCUT2D eigenvalue weighted by Crippen LogP contribution is 2.32. The number of rotatable bonds is 6. The Hall–Kier alpha value is -3.05. The molecule has 0 aromatic heterocycles. The zero-order chi connectivity index (χ0) is 23.6. The van der Waals surface area contributed by atoms with E-state index in [1.807, 2.05) is 13.8 Å². The van der Waals surface area contributed by atoms with Gasteiger partial charge in [0.2, 0.25) is 10.0 Å². The Balaban J connectivity index is 1.95. The molecule has 2 unspecified atom stereocenters. The lowest BCUT2D eigenvalue weighted by atomic mass is 9.94. The lowest BCUT2D eigenvalue weighted by molar-refractivity contribution is -0.384. The normalized spacial score (nSPS) is 19.4. The lowest BCUT2D eigenvalue weighted by Gasteiger charge is -2.34. The number of non-ortho nitro benzene ring substituents is 1. The van der Waals surface area contributed by atoms with Gasteiger partial charge in [-0.3, -0.25) is 14.9 Å². The highest BCUT2D eigenvalue weighted by atomic mass is 32.2. The number of hydrogen-bond acceptors (Lipinski definition) is 6. The van der Waals surface area contributed by atoms with Crippen LogP contribution in [0.5, 0.6) is 5.75 Å². The Bertz CT molecular complexity index is 1140. The van der Waals surface area contributed by atoms with Crippen LogP contribution in [0.3, 0.4) is 0 Å². The van der Waals surface area contributed by atoms with Gasteiger partial charge in [-0.2, -0.15) is 4.31 Å². The van der Waals surface area contributed by atoms with Crippen LogP contribution >= 0.6 is 0 Å².